The van der Waals surface area contributed by atoms with Gasteiger partial charge in [0.2, 0.25) is 0 Å². The Morgan fingerprint density at radius 1 is 0.923 bits per heavy atom. The summed E-state index contributed by atoms with van der Waals surface area (Å²) >= 11 is 0. The van der Waals surface area contributed by atoms with Gasteiger partial charge in [0.1, 0.15) is 11.6 Å². The van der Waals surface area contributed by atoms with E-state index >= 15 is 0 Å². The van der Waals surface area contributed by atoms with Crippen molar-refractivity contribution >= 4 is 9.84 Å². The van der Waals surface area contributed by atoms with Gasteiger partial charge >= 0.3 is 6.36 Å². The van der Waals surface area contributed by atoms with Crippen LogP contribution in [0.3, 0.4) is 0 Å². The highest BCUT2D eigenvalue weighted by Gasteiger charge is 2.31. The van der Waals surface area contributed by atoms with E-state index in [-0.39, 0.29) is 10.6 Å². The molecule has 5 rings (SSSR count). The molecule has 2 aromatic heterocycles. The summed E-state index contributed by atoms with van der Waals surface area (Å²) < 4.78 is 69.6. The van der Waals surface area contributed by atoms with Crippen molar-refractivity contribution in [3.05, 3.63) is 90.6 Å². The molecule has 2 heterocycles. The number of halogens is 3. The SMILES string of the molecule is Cc1cn(-c2ccc(-c3cccc(S(C)(=O)=O)c3)cc2-c2cnnn2-c2ccc(OC(F)(F)F)cc2)c(C)n1. The first-order valence-corrected chi connectivity index (χ1v) is 13.5. The van der Waals surface area contributed by atoms with Crippen LogP contribution in [0.4, 0.5) is 13.2 Å². The van der Waals surface area contributed by atoms with Gasteiger partial charge in [-0.2, -0.15) is 0 Å². The largest absolute Gasteiger partial charge is 0.573 e. The summed E-state index contributed by atoms with van der Waals surface area (Å²) in [6, 6.07) is 17.6. The second-order valence-electron chi connectivity index (χ2n) is 8.90. The molecular weight excluding hydrogens is 531 g/mol. The number of sulfone groups is 1. The maximum absolute atomic E-state index is 12.6. The second kappa shape index (κ2) is 9.70. The van der Waals surface area contributed by atoms with Crippen LogP contribution in [0, 0.1) is 13.8 Å². The monoisotopic (exact) mass is 553 g/mol. The van der Waals surface area contributed by atoms with E-state index in [1.807, 2.05) is 48.9 Å². The van der Waals surface area contributed by atoms with Crippen molar-refractivity contribution in [3.8, 4) is 39.5 Å². The van der Waals surface area contributed by atoms with Crippen LogP contribution in [0.25, 0.3) is 33.8 Å². The molecule has 0 amide bonds. The molecule has 0 unspecified atom stereocenters. The average Bonchev–Trinajstić information content (AvgIpc) is 3.49. The Balaban J connectivity index is 1.66. The minimum atomic E-state index is -4.80. The third kappa shape index (κ3) is 5.55. The minimum Gasteiger partial charge on any atom is -0.406 e. The van der Waals surface area contributed by atoms with E-state index in [1.54, 1.807) is 18.3 Å². The normalized spacial score (nSPS) is 12.1. The predicted molar refractivity (Wildman–Crippen MR) is 139 cm³/mol. The molecule has 0 N–H and O–H groups in total. The minimum absolute atomic E-state index is 0.194. The summed E-state index contributed by atoms with van der Waals surface area (Å²) in [5.74, 6) is 0.388. The van der Waals surface area contributed by atoms with Gasteiger partial charge in [-0.3, -0.25) is 0 Å². The molecule has 200 valence electrons. The topological polar surface area (TPSA) is 91.9 Å². The third-order valence-electron chi connectivity index (χ3n) is 5.99. The highest BCUT2D eigenvalue weighted by atomic mass is 32.2. The Morgan fingerprint density at radius 2 is 1.64 bits per heavy atom. The van der Waals surface area contributed by atoms with Crippen molar-refractivity contribution in [1.82, 2.24) is 24.5 Å². The van der Waals surface area contributed by atoms with Gasteiger partial charge in [-0.15, -0.1) is 18.3 Å². The van der Waals surface area contributed by atoms with Crippen molar-refractivity contribution in [3.63, 3.8) is 0 Å². The first-order chi connectivity index (χ1) is 18.4. The lowest BCUT2D eigenvalue weighted by molar-refractivity contribution is -0.274. The van der Waals surface area contributed by atoms with Gasteiger partial charge in [-0.1, -0.05) is 23.4 Å². The number of aromatic nitrogens is 5. The number of benzene rings is 3. The molecule has 3 aromatic carbocycles. The standard InChI is InChI=1S/C27H22F3N5O3S/c1-17-16-34(18(2)32-17)25-12-7-20(19-5-4-6-23(13-19)39(3,36)37)14-24(25)26-15-31-33-35(26)21-8-10-22(11-9-21)38-27(28,29)30/h4-16H,1-3H3. The number of hydrogen-bond donors (Lipinski definition) is 0. The molecule has 0 saturated carbocycles. The summed E-state index contributed by atoms with van der Waals surface area (Å²) in [7, 11) is -3.42. The van der Waals surface area contributed by atoms with Crippen LogP contribution < -0.4 is 4.74 Å². The lowest BCUT2D eigenvalue weighted by Crippen LogP contribution is -2.17. The molecule has 0 radical (unpaired) electrons. The first kappa shape index (κ1) is 26.2. The fraction of sp³-hybridized carbons (Fsp3) is 0.148. The summed E-state index contributed by atoms with van der Waals surface area (Å²) in [5.41, 5.74) is 4.73. The quantitative estimate of drug-likeness (QED) is 0.268. The molecule has 0 aliphatic rings. The molecule has 0 atom stereocenters. The zero-order valence-corrected chi connectivity index (χ0v) is 21.8. The fourth-order valence-corrected chi connectivity index (χ4v) is 4.96. The predicted octanol–water partition coefficient (Wildman–Crippen LogP) is 5.71. The van der Waals surface area contributed by atoms with Crippen LogP contribution in [-0.4, -0.2) is 45.6 Å². The molecule has 39 heavy (non-hydrogen) atoms. The van der Waals surface area contributed by atoms with Crippen molar-refractivity contribution in [2.24, 2.45) is 0 Å². The van der Waals surface area contributed by atoms with Crippen LogP contribution in [0.1, 0.15) is 11.5 Å². The number of alkyl halides is 3. The molecule has 8 nitrogen and oxygen atoms in total. The van der Waals surface area contributed by atoms with Gasteiger partial charge in [0, 0.05) is 18.0 Å². The number of aryl methyl sites for hydroxylation is 2. The number of nitrogens with zero attached hydrogens (tertiary/aromatic N) is 5. The van der Waals surface area contributed by atoms with Crippen molar-refractivity contribution in [2.45, 2.75) is 25.1 Å². The number of ether oxygens (including phenoxy) is 1. The van der Waals surface area contributed by atoms with Crippen LogP contribution in [-0.2, 0) is 9.84 Å². The van der Waals surface area contributed by atoms with Crippen LogP contribution in [0.15, 0.2) is 84.0 Å². The van der Waals surface area contributed by atoms with Crippen molar-refractivity contribution in [1.29, 1.82) is 0 Å². The number of rotatable bonds is 6. The summed E-state index contributed by atoms with van der Waals surface area (Å²) in [4.78, 5) is 4.70. The van der Waals surface area contributed by atoms with Crippen LogP contribution >= 0.6 is 0 Å². The fourth-order valence-electron chi connectivity index (χ4n) is 4.30. The Kier molecular flexibility index (Phi) is 6.51. The summed E-state index contributed by atoms with van der Waals surface area (Å²) in [6.07, 6.45) is -0.213. The lowest BCUT2D eigenvalue weighted by Gasteiger charge is -2.16. The van der Waals surface area contributed by atoms with Gasteiger partial charge in [0.05, 0.1) is 33.9 Å². The van der Waals surface area contributed by atoms with Crippen molar-refractivity contribution in [2.75, 3.05) is 6.26 Å². The first-order valence-electron chi connectivity index (χ1n) is 11.6. The van der Waals surface area contributed by atoms with Crippen molar-refractivity contribution < 1.29 is 26.3 Å². The van der Waals surface area contributed by atoms with Gasteiger partial charge in [0.15, 0.2) is 9.84 Å². The molecule has 0 bridgehead atoms. The van der Waals surface area contributed by atoms with Crippen LogP contribution in [0.5, 0.6) is 5.75 Å². The van der Waals surface area contributed by atoms with E-state index < -0.39 is 16.2 Å². The zero-order chi connectivity index (χ0) is 27.9. The Hall–Kier alpha value is -4.45. The summed E-state index contributed by atoms with van der Waals surface area (Å²) in [5, 5.41) is 8.24. The molecule has 0 saturated heterocycles. The third-order valence-corrected chi connectivity index (χ3v) is 7.10. The molecular formula is C27H22F3N5O3S. The molecule has 5 aromatic rings. The van der Waals surface area contributed by atoms with E-state index in [1.165, 1.54) is 35.0 Å². The second-order valence-corrected chi connectivity index (χ2v) is 10.9. The van der Waals surface area contributed by atoms with E-state index in [2.05, 4.69) is 20.0 Å². The van der Waals surface area contributed by atoms with E-state index in [9.17, 15) is 21.6 Å². The van der Waals surface area contributed by atoms with E-state index in [0.29, 0.717) is 22.5 Å². The maximum atomic E-state index is 12.6. The van der Waals surface area contributed by atoms with E-state index in [4.69, 9.17) is 0 Å². The molecule has 0 aliphatic carbocycles. The molecule has 0 fully saturated rings. The van der Waals surface area contributed by atoms with Gasteiger partial charge in [0.25, 0.3) is 0 Å². The molecule has 0 aliphatic heterocycles. The average molecular weight is 554 g/mol. The Bertz CT molecular complexity index is 1780. The highest BCUT2D eigenvalue weighted by Crippen LogP contribution is 2.34. The Morgan fingerprint density at radius 3 is 2.28 bits per heavy atom. The smallest absolute Gasteiger partial charge is 0.406 e. The number of hydrogen-bond acceptors (Lipinski definition) is 6. The molecule has 0 spiro atoms. The highest BCUT2D eigenvalue weighted by molar-refractivity contribution is 7.90. The maximum Gasteiger partial charge on any atom is 0.573 e. The number of imidazole rings is 1. The van der Waals surface area contributed by atoms with Gasteiger partial charge < -0.3 is 9.30 Å². The van der Waals surface area contributed by atoms with E-state index in [0.717, 1.165) is 29.0 Å². The van der Waals surface area contributed by atoms with Gasteiger partial charge in [-0.25, -0.2) is 18.1 Å². The Labute approximate surface area is 222 Å². The summed E-state index contributed by atoms with van der Waals surface area (Å²) in [6.45, 7) is 3.75. The lowest BCUT2D eigenvalue weighted by atomic mass is 10.00. The van der Waals surface area contributed by atoms with Gasteiger partial charge in [-0.05, 0) is 73.5 Å². The van der Waals surface area contributed by atoms with Crippen LogP contribution in [0.2, 0.25) is 0 Å². The molecule has 12 heteroatoms. The zero-order valence-electron chi connectivity index (χ0n) is 21.0.